The van der Waals surface area contributed by atoms with Crippen molar-refractivity contribution >= 4 is 28.4 Å². The summed E-state index contributed by atoms with van der Waals surface area (Å²) in [6.07, 6.45) is 2.04. The maximum absolute atomic E-state index is 12.2. The van der Waals surface area contributed by atoms with Crippen LogP contribution in [0.25, 0.3) is 11.0 Å². The molecule has 2 aromatic carbocycles. The van der Waals surface area contributed by atoms with E-state index in [4.69, 9.17) is 11.6 Å². The number of carbonyl (C=O) groups is 1. The summed E-state index contributed by atoms with van der Waals surface area (Å²) in [5.74, 6) is 0.112. The number of benzene rings is 2. The minimum absolute atomic E-state index is 0.112. The molecular weight excluding hydrogens is 272 g/mol. The molecule has 4 heteroatoms. The zero-order valence-corrected chi connectivity index (χ0v) is 11.5. The van der Waals surface area contributed by atoms with Crippen LogP contribution >= 0.6 is 11.6 Å². The third-order valence-corrected chi connectivity index (χ3v) is 3.59. The first-order valence-corrected chi connectivity index (χ1v) is 6.77. The molecule has 0 N–H and O–H groups in total. The Hall–Kier alpha value is -2.13. The molecular formula is C16H13ClN2O. The fourth-order valence-electron chi connectivity index (χ4n) is 2.24. The summed E-state index contributed by atoms with van der Waals surface area (Å²) in [6, 6.07) is 15.2. The summed E-state index contributed by atoms with van der Waals surface area (Å²) in [5.41, 5.74) is 2.74. The molecule has 0 atom stereocenters. The molecule has 0 fully saturated rings. The summed E-state index contributed by atoms with van der Waals surface area (Å²) in [7, 11) is 0. The normalized spacial score (nSPS) is 10.8. The molecule has 0 unspecified atom stereocenters. The fraction of sp³-hybridized carbons (Fsp3) is 0.125. The molecule has 0 radical (unpaired) electrons. The van der Waals surface area contributed by atoms with Gasteiger partial charge in [0.2, 0.25) is 0 Å². The Kier molecular flexibility index (Phi) is 3.52. The molecule has 20 heavy (non-hydrogen) atoms. The lowest BCUT2D eigenvalue weighted by atomic mass is 10.1. The fourth-order valence-corrected chi connectivity index (χ4v) is 2.44. The van der Waals surface area contributed by atoms with Crippen molar-refractivity contribution in [2.75, 3.05) is 0 Å². The van der Waals surface area contributed by atoms with Crippen molar-refractivity contribution in [3.05, 3.63) is 65.4 Å². The lowest BCUT2D eigenvalue weighted by molar-refractivity contribution is -0.118. The highest BCUT2D eigenvalue weighted by Gasteiger charge is 2.09. The molecule has 0 saturated heterocycles. The number of nitrogens with zero attached hydrogens (tertiary/aromatic N) is 2. The Morgan fingerprint density at radius 1 is 1.10 bits per heavy atom. The van der Waals surface area contributed by atoms with E-state index in [1.807, 2.05) is 47.0 Å². The van der Waals surface area contributed by atoms with E-state index in [1.165, 1.54) is 0 Å². The molecule has 1 heterocycles. The van der Waals surface area contributed by atoms with Gasteiger partial charge in [-0.1, -0.05) is 41.9 Å². The van der Waals surface area contributed by atoms with Gasteiger partial charge in [-0.2, -0.15) is 0 Å². The van der Waals surface area contributed by atoms with Crippen molar-refractivity contribution in [3.63, 3.8) is 0 Å². The van der Waals surface area contributed by atoms with E-state index >= 15 is 0 Å². The van der Waals surface area contributed by atoms with Crippen LogP contribution in [0.15, 0.2) is 54.9 Å². The maximum atomic E-state index is 12.2. The summed E-state index contributed by atoms with van der Waals surface area (Å²) in [4.78, 5) is 16.4. The van der Waals surface area contributed by atoms with Crippen LogP contribution < -0.4 is 0 Å². The van der Waals surface area contributed by atoms with Crippen LogP contribution in [0.1, 0.15) is 5.56 Å². The third-order valence-electron chi connectivity index (χ3n) is 3.22. The number of halogens is 1. The number of para-hydroxylation sites is 2. The zero-order chi connectivity index (χ0) is 13.9. The number of Topliss-reactive ketones (excluding diaryl/α,β-unsaturated/α-hetero) is 1. The monoisotopic (exact) mass is 284 g/mol. The highest BCUT2D eigenvalue weighted by atomic mass is 35.5. The van der Waals surface area contributed by atoms with Crippen molar-refractivity contribution in [2.45, 2.75) is 13.0 Å². The van der Waals surface area contributed by atoms with Gasteiger partial charge < -0.3 is 4.57 Å². The average molecular weight is 285 g/mol. The predicted octanol–water partition coefficient (Wildman–Crippen LogP) is 3.50. The molecule has 0 amide bonds. The molecule has 0 aliphatic carbocycles. The van der Waals surface area contributed by atoms with E-state index in [9.17, 15) is 4.79 Å². The van der Waals surface area contributed by atoms with Crippen LogP contribution in [0.2, 0.25) is 5.02 Å². The van der Waals surface area contributed by atoms with E-state index in [-0.39, 0.29) is 5.78 Å². The van der Waals surface area contributed by atoms with Gasteiger partial charge in [-0.3, -0.25) is 4.79 Å². The standard InChI is InChI=1S/C16H13ClN2O/c17-14-6-2-1-5-12(14)9-13(20)10-19-11-18-15-7-3-4-8-16(15)19/h1-8,11H,9-10H2. The summed E-state index contributed by atoms with van der Waals surface area (Å²) in [5, 5.41) is 0.635. The number of carbonyl (C=O) groups excluding carboxylic acids is 1. The first-order valence-electron chi connectivity index (χ1n) is 6.39. The second-order valence-corrected chi connectivity index (χ2v) is 5.08. The highest BCUT2D eigenvalue weighted by Crippen LogP contribution is 2.17. The number of ketones is 1. The predicted molar refractivity (Wildman–Crippen MR) is 79.9 cm³/mol. The lowest BCUT2D eigenvalue weighted by Crippen LogP contribution is -2.12. The average Bonchev–Trinajstić information content (AvgIpc) is 2.85. The Morgan fingerprint density at radius 2 is 1.85 bits per heavy atom. The van der Waals surface area contributed by atoms with Gasteiger partial charge in [-0.15, -0.1) is 0 Å². The van der Waals surface area contributed by atoms with E-state index in [2.05, 4.69) is 4.98 Å². The summed E-state index contributed by atoms with van der Waals surface area (Å²) in [6.45, 7) is 0.311. The van der Waals surface area contributed by atoms with Gasteiger partial charge in [0.1, 0.15) is 0 Å². The Morgan fingerprint density at radius 3 is 2.70 bits per heavy atom. The van der Waals surface area contributed by atoms with Gasteiger partial charge in [0.25, 0.3) is 0 Å². The Balaban J connectivity index is 1.78. The van der Waals surface area contributed by atoms with Crippen LogP contribution in [0.3, 0.4) is 0 Å². The van der Waals surface area contributed by atoms with Crippen LogP contribution in [0, 0.1) is 0 Å². The number of hydrogen-bond donors (Lipinski definition) is 0. The van der Waals surface area contributed by atoms with Gasteiger partial charge in [-0.25, -0.2) is 4.98 Å². The molecule has 3 rings (SSSR count). The largest absolute Gasteiger partial charge is 0.323 e. The molecule has 0 saturated carbocycles. The first kappa shape index (κ1) is 12.9. The molecule has 0 spiro atoms. The SMILES string of the molecule is O=C(Cc1ccccc1Cl)Cn1cnc2ccccc21. The second-order valence-electron chi connectivity index (χ2n) is 4.67. The van der Waals surface area contributed by atoms with Crippen molar-refractivity contribution in [2.24, 2.45) is 0 Å². The lowest BCUT2D eigenvalue weighted by Gasteiger charge is -2.05. The van der Waals surface area contributed by atoms with Crippen molar-refractivity contribution in [1.29, 1.82) is 0 Å². The van der Waals surface area contributed by atoms with Gasteiger partial charge >= 0.3 is 0 Å². The van der Waals surface area contributed by atoms with E-state index in [0.29, 0.717) is 18.0 Å². The van der Waals surface area contributed by atoms with Crippen LogP contribution in [0.4, 0.5) is 0 Å². The Bertz CT molecular complexity index is 764. The third kappa shape index (κ3) is 2.58. The number of rotatable bonds is 4. The molecule has 3 aromatic rings. The Labute approximate surface area is 121 Å². The molecule has 0 aliphatic heterocycles. The molecule has 3 nitrogen and oxygen atoms in total. The van der Waals surface area contributed by atoms with Gasteiger partial charge in [0.05, 0.1) is 23.9 Å². The van der Waals surface area contributed by atoms with E-state index in [1.54, 1.807) is 12.4 Å². The van der Waals surface area contributed by atoms with Crippen LogP contribution in [-0.2, 0) is 17.8 Å². The van der Waals surface area contributed by atoms with Crippen molar-refractivity contribution < 1.29 is 4.79 Å². The van der Waals surface area contributed by atoms with Crippen LogP contribution in [-0.4, -0.2) is 15.3 Å². The van der Waals surface area contributed by atoms with Crippen molar-refractivity contribution in [3.8, 4) is 0 Å². The minimum Gasteiger partial charge on any atom is -0.323 e. The molecule has 100 valence electrons. The smallest absolute Gasteiger partial charge is 0.156 e. The van der Waals surface area contributed by atoms with Crippen LogP contribution in [0.5, 0.6) is 0 Å². The number of fused-ring (bicyclic) bond motifs is 1. The van der Waals surface area contributed by atoms with Crippen molar-refractivity contribution in [1.82, 2.24) is 9.55 Å². The minimum atomic E-state index is 0.112. The van der Waals surface area contributed by atoms with E-state index in [0.717, 1.165) is 16.6 Å². The second kappa shape index (κ2) is 5.47. The summed E-state index contributed by atoms with van der Waals surface area (Å²) < 4.78 is 1.87. The van der Waals surface area contributed by atoms with Gasteiger partial charge in [0, 0.05) is 11.4 Å². The highest BCUT2D eigenvalue weighted by molar-refractivity contribution is 6.31. The molecule has 0 bridgehead atoms. The quantitative estimate of drug-likeness (QED) is 0.735. The van der Waals surface area contributed by atoms with Gasteiger partial charge in [0.15, 0.2) is 5.78 Å². The maximum Gasteiger partial charge on any atom is 0.156 e. The summed E-state index contributed by atoms with van der Waals surface area (Å²) >= 11 is 6.07. The number of imidazole rings is 1. The molecule has 1 aromatic heterocycles. The zero-order valence-electron chi connectivity index (χ0n) is 10.8. The number of hydrogen-bond acceptors (Lipinski definition) is 2. The molecule has 0 aliphatic rings. The first-order chi connectivity index (χ1) is 9.74. The topological polar surface area (TPSA) is 34.9 Å². The van der Waals surface area contributed by atoms with E-state index < -0.39 is 0 Å². The van der Waals surface area contributed by atoms with Gasteiger partial charge in [-0.05, 0) is 23.8 Å². The number of aromatic nitrogens is 2.